The van der Waals surface area contributed by atoms with Crippen molar-refractivity contribution in [3.8, 4) is 17.0 Å². The molecule has 2 N–H and O–H groups in total. The Morgan fingerprint density at radius 3 is 2.64 bits per heavy atom. The highest BCUT2D eigenvalue weighted by Crippen LogP contribution is 2.35. The van der Waals surface area contributed by atoms with E-state index < -0.39 is 0 Å². The molecule has 114 valence electrons. The van der Waals surface area contributed by atoms with E-state index in [9.17, 15) is 9.90 Å². The van der Waals surface area contributed by atoms with E-state index in [1.807, 2.05) is 51.4 Å². The van der Waals surface area contributed by atoms with Crippen LogP contribution in [0.1, 0.15) is 30.9 Å². The van der Waals surface area contributed by atoms with Crippen LogP contribution in [0.3, 0.4) is 0 Å². The van der Waals surface area contributed by atoms with Crippen LogP contribution in [0.5, 0.6) is 5.75 Å². The Balaban J connectivity index is 2.31. The summed E-state index contributed by atoms with van der Waals surface area (Å²) in [5.74, 6) is 0.207. The van der Waals surface area contributed by atoms with E-state index in [0.717, 1.165) is 22.0 Å². The predicted octanol–water partition coefficient (Wildman–Crippen LogP) is 3.67. The number of hydrogen-bond donors (Lipinski definition) is 2. The van der Waals surface area contributed by atoms with Gasteiger partial charge in [-0.15, -0.1) is 0 Å². The number of hydrogen-bond acceptors (Lipinski definition) is 2. The molecule has 0 aliphatic rings. The zero-order chi connectivity index (χ0) is 16.0. The van der Waals surface area contributed by atoms with Gasteiger partial charge in [-0.2, -0.15) is 0 Å². The molecule has 4 heteroatoms. The summed E-state index contributed by atoms with van der Waals surface area (Å²) < 4.78 is 2.05. The Hall–Kier alpha value is -2.49. The van der Waals surface area contributed by atoms with E-state index in [1.165, 1.54) is 0 Å². The lowest BCUT2D eigenvalue weighted by Crippen LogP contribution is -2.14. The van der Waals surface area contributed by atoms with Gasteiger partial charge in [-0.05, 0) is 36.6 Å². The van der Waals surface area contributed by atoms with Gasteiger partial charge in [-0.25, -0.2) is 0 Å². The van der Waals surface area contributed by atoms with Crippen LogP contribution >= 0.6 is 0 Å². The van der Waals surface area contributed by atoms with Crippen molar-refractivity contribution in [3.05, 3.63) is 51.9 Å². The lowest BCUT2D eigenvalue weighted by atomic mass is 9.94. The molecule has 0 atom stereocenters. The second-order valence-electron chi connectivity index (χ2n) is 6.07. The summed E-state index contributed by atoms with van der Waals surface area (Å²) in [6.07, 6.45) is 2.01. The molecule has 1 aromatic carbocycles. The van der Waals surface area contributed by atoms with Gasteiger partial charge in [0.2, 0.25) is 0 Å². The highest BCUT2D eigenvalue weighted by molar-refractivity contribution is 5.86. The van der Waals surface area contributed by atoms with Crippen molar-refractivity contribution in [1.82, 2.24) is 9.55 Å². The molecule has 0 unspecified atom stereocenters. The first-order valence-electron chi connectivity index (χ1n) is 7.41. The van der Waals surface area contributed by atoms with E-state index >= 15 is 0 Å². The van der Waals surface area contributed by atoms with Crippen molar-refractivity contribution in [2.45, 2.75) is 26.7 Å². The van der Waals surface area contributed by atoms with Crippen LogP contribution in [0.4, 0.5) is 0 Å². The summed E-state index contributed by atoms with van der Waals surface area (Å²) in [4.78, 5) is 15.0. The molecule has 4 nitrogen and oxygen atoms in total. The molecule has 0 fully saturated rings. The average Bonchev–Trinajstić information content (AvgIpc) is 2.85. The third-order valence-electron chi connectivity index (χ3n) is 4.21. The van der Waals surface area contributed by atoms with Gasteiger partial charge in [0.25, 0.3) is 5.56 Å². The van der Waals surface area contributed by atoms with Crippen LogP contribution < -0.4 is 5.56 Å². The van der Waals surface area contributed by atoms with Crippen molar-refractivity contribution in [3.63, 3.8) is 0 Å². The molecular formula is C18H20N2O2. The maximum atomic E-state index is 12.1. The number of aromatic amines is 1. The summed E-state index contributed by atoms with van der Waals surface area (Å²) in [6.45, 7) is 5.67. The standard InChI is InChI=1S/C18H20N2O2/c1-10(2)15-16(19-18(22)11(3)17(15)21)13-5-6-14-12(9-13)7-8-20(14)4/h5-10H,1-4H3,(H2,19,21,22). The van der Waals surface area contributed by atoms with Crippen LogP contribution in [-0.4, -0.2) is 14.7 Å². The SMILES string of the molecule is Cc1c(O)c(C(C)C)c(-c2ccc3c(ccn3C)c2)[nH]c1=O. The van der Waals surface area contributed by atoms with Gasteiger partial charge in [0.1, 0.15) is 5.75 Å². The fourth-order valence-electron chi connectivity index (χ4n) is 2.93. The summed E-state index contributed by atoms with van der Waals surface area (Å²) in [7, 11) is 2.00. The lowest BCUT2D eigenvalue weighted by molar-refractivity contribution is 0.459. The van der Waals surface area contributed by atoms with E-state index in [0.29, 0.717) is 11.3 Å². The van der Waals surface area contributed by atoms with Crippen LogP contribution in [0.25, 0.3) is 22.2 Å². The topological polar surface area (TPSA) is 58.0 Å². The molecule has 0 aliphatic carbocycles. The molecule has 3 aromatic rings. The van der Waals surface area contributed by atoms with Crippen molar-refractivity contribution in [2.24, 2.45) is 7.05 Å². The molecule has 0 bridgehead atoms. The Bertz CT molecular complexity index is 917. The lowest BCUT2D eigenvalue weighted by Gasteiger charge is -2.16. The molecule has 0 saturated heterocycles. The number of nitrogens with one attached hydrogen (secondary N) is 1. The molecular weight excluding hydrogens is 276 g/mol. The highest BCUT2D eigenvalue weighted by atomic mass is 16.3. The zero-order valence-corrected chi connectivity index (χ0v) is 13.3. The van der Waals surface area contributed by atoms with Crippen molar-refractivity contribution in [1.29, 1.82) is 0 Å². The number of benzene rings is 1. The molecule has 0 radical (unpaired) electrons. The maximum Gasteiger partial charge on any atom is 0.255 e. The molecule has 0 amide bonds. The normalized spacial score (nSPS) is 11.5. The Kier molecular flexibility index (Phi) is 3.32. The van der Waals surface area contributed by atoms with Gasteiger partial charge in [-0.3, -0.25) is 4.79 Å². The fourth-order valence-corrected chi connectivity index (χ4v) is 2.93. The van der Waals surface area contributed by atoms with Crippen molar-refractivity contribution < 1.29 is 5.11 Å². The quantitative estimate of drug-likeness (QED) is 0.758. The first-order chi connectivity index (χ1) is 10.4. The summed E-state index contributed by atoms with van der Waals surface area (Å²) in [6, 6.07) is 8.10. The number of nitrogens with zero attached hydrogens (tertiary/aromatic N) is 1. The van der Waals surface area contributed by atoms with E-state index in [1.54, 1.807) is 6.92 Å². The smallest absolute Gasteiger partial charge is 0.255 e. The van der Waals surface area contributed by atoms with Gasteiger partial charge in [0, 0.05) is 29.7 Å². The van der Waals surface area contributed by atoms with E-state index in [-0.39, 0.29) is 17.2 Å². The monoisotopic (exact) mass is 296 g/mol. The number of aromatic hydroxyl groups is 1. The van der Waals surface area contributed by atoms with Crippen molar-refractivity contribution in [2.75, 3.05) is 0 Å². The molecule has 3 rings (SSSR count). The Labute approximate surface area is 129 Å². The first-order valence-corrected chi connectivity index (χ1v) is 7.41. The second-order valence-corrected chi connectivity index (χ2v) is 6.07. The summed E-state index contributed by atoms with van der Waals surface area (Å²) >= 11 is 0. The Morgan fingerprint density at radius 2 is 1.95 bits per heavy atom. The number of aryl methyl sites for hydroxylation is 1. The minimum atomic E-state index is -0.245. The van der Waals surface area contributed by atoms with Crippen LogP contribution in [0.15, 0.2) is 35.3 Å². The third kappa shape index (κ3) is 2.11. The van der Waals surface area contributed by atoms with Gasteiger partial charge in [-0.1, -0.05) is 19.9 Å². The minimum Gasteiger partial charge on any atom is -0.507 e. The fraction of sp³-hybridized carbons (Fsp3) is 0.278. The molecule has 2 aromatic heterocycles. The molecule has 0 aliphatic heterocycles. The number of pyridine rings is 1. The van der Waals surface area contributed by atoms with Crippen LogP contribution in [0.2, 0.25) is 0 Å². The van der Waals surface area contributed by atoms with Crippen LogP contribution in [0, 0.1) is 6.92 Å². The molecule has 2 heterocycles. The van der Waals surface area contributed by atoms with E-state index in [2.05, 4.69) is 9.55 Å². The number of aromatic nitrogens is 2. The maximum absolute atomic E-state index is 12.1. The molecule has 0 spiro atoms. The number of H-pyrrole nitrogens is 1. The Morgan fingerprint density at radius 1 is 1.23 bits per heavy atom. The second kappa shape index (κ2) is 5.05. The van der Waals surface area contributed by atoms with Gasteiger partial charge < -0.3 is 14.7 Å². The zero-order valence-electron chi connectivity index (χ0n) is 13.3. The number of rotatable bonds is 2. The largest absolute Gasteiger partial charge is 0.507 e. The highest BCUT2D eigenvalue weighted by Gasteiger charge is 2.18. The predicted molar refractivity (Wildman–Crippen MR) is 89.5 cm³/mol. The van der Waals surface area contributed by atoms with Gasteiger partial charge >= 0.3 is 0 Å². The van der Waals surface area contributed by atoms with Gasteiger partial charge in [0.15, 0.2) is 0 Å². The van der Waals surface area contributed by atoms with Crippen LogP contribution in [-0.2, 0) is 7.05 Å². The van der Waals surface area contributed by atoms with Crippen molar-refractivity contribution >= 4 is 10.9 Å². The van der Waals surface area contributed by atoms with Gasteiger partial charge in [0.05, 0.1) is 11.3 Å². The molecule has 0 saturated carbocycles. The van der Waals surface area contributed by atoms with E-state index in [4.69, 9.17) is 0 Å². The minimum absolute atomic E-state index is 0.0990. The third-order valence-corrected chi connectivity index (χ3v) is 4.21. The summed E-state index contributed by atoms with van der Waals surface area (Å²) in [5, 5.41) is 11.5. The summed E-state index contributed by atoms with van der Waals surface area (Å²) in [5.41, 5.74) is 3.66. The molecule has 22 heavy (non-hydrogen) atoms. The number of fused-ring (bicyclic) bond motifs is 1. The first kappa shape index (κ1) is 14.4. The average molecular weight is 296 g/mol.